The average molecular weight is 351 g/mol. The molecule has 4 nitrogen and oxygen atoms in total. The van der Waals surface area contributed by atoms with Gasteiger partial charge in [0.15, 0.2) is 5.88 Å². The summed E-state index contributed by atoms with van der Waals surface area (Å²) in [7, 11) is 0. The molecule has 0 bridgehead atoms. The van der Waals surface area contributed by atoms with Crippen LogP contribution in [0.5, 0.6) is 0 Å². The summed E-state index contributed by atoms with van der Waals surface area (Å²) in [6.45, 7) is 6.10. The Labute approximate surface area is 154 Å². The summed E-state index contributed by atoms with van der Waals surface area (Å²) in [5.41, 5.74) is 2.77. The van der Waals surface area contributed by atoms with Gasteiger partial charge in [0, 0.05) is 24.9 Å². The highest BCUT2D eigenvalue weighted by atomic mass is 16.5. The second-order valence-corrected chi connectivity index (χ2v) is 7.41. The van der Waals surface area contributed by atoms with Gasteiger partial charge in [-0.3, -0.25) is 4.79 Å². The average Bonchev–Trinajstić information content (AvgIpc) is 3.00. The summed E-state index contributed by atoms with van der Waals surface area (Å²) in [6, 6.07) is 8.64. The van der Waals surface area contributed by atoms with Crippen molar-refractivity contribution < 1.29 is 14.6 Å². The molecule has 1 aromatic rings. The molecule has 1 heterocycles. The lowest BCUT2D eigenvalue weighted by Gasteiger charge is -2.33. The third-order valence-electron chi connectivity index (χ3n) is 6.02. The fourth-order valence-electron chi connectivity index (χ4n) is 4.53. The Bertz CT molecular complexity index is 758. The Morgan fingerprint density at radius 3 is 2.58 bits per heavy atom. The van der Waals surface area contributed by atoms with Crippen LogP contribution in [-0.2, 0) is 9.53 Å². The van der Waals surface area contributed by atoms with Crippen LogP contribution in [0, 0.1) is 11.8 Å². The van der Waals surface area contributed by atoms with Gasteiger partial charge in [-0.15, -0.1) is 0 Å². The SMILES string of the molecule is C=C(OCC1c2ccccc2C2C=CC=CC21)N1CCC(C(=O)O)CC1. The maximum absolute atomic E-state index is 11.1. The van der Waals surface area contributed by atoms with Crippen LogP contribution >= 0.6 is 0 Å². The smallest absolute Gasteiger partial charge is 0.306 e. The van der Waals surface area contributed by atoms with Crippen LogP contribution < -0.4 is 0 Å². The Balaban J connectivity index is 1.40. The lowest BCUT2D eigenvalue weighted by molar-refractivity contribution is -0.143. The van der Waals surface area contributed by atoms with Crippen molar-refractivity contribution in [2.75, 3.05) is 19.7 Å². The van der Waals surface area contributed by atoms with Crippen LogP contribution in [-0.4, -0.2) is 35.7 Å². The fourth-order valence-corrected chi connectivity index (χ4v) is 4.53. The summed E-state index contributed by atoms with van der Waals surface area (Å²) in [5, 5.41) is 9.13. The van der Waals surface area contributed by atoms with E-state index >= 15 is 0 Å². The molecule has 4 rings (SSSR count). The first kappa shape index (κ1) is 17.0. The number of carboxylic acid groups (broad SMARTS) is 1. The number of rotatable bonds is 5. The zero-order chi connectivity index (χ0) is 18.1. The van der Waals surface area contributed by atoms with Crippen molar-refractivity contribution in [1.82, 2.24) is 4.90 Å². The van der Waals surface area contributed by atoms with E-state index in [0.29, 0.717) is 56.2 Å². The van der Waals surface area contributed by atoms with Crippen molar-refractivity contribution in [3.05, 3.63) is 72.2 Å². The van der Waals surface area contributed by atoms with Crippen molar-refractivity contribution in [3.63, 3.8) is 0 Å². The molecule has 0 spiro atoms. The number of carbonyl (C=O) groups is 1. The number of carboxylic acids is 1. The first-order chi connectivity index (χ1) is 12.6. The number of aliphatic carboxylic acids is 1. The maximum atomic E-state index is 11.1. The van der Waals surface area contributed by atoms with E-state index in [1.165, 1.54) is 11.1 Å². The zero-order valence-corrected chi connectivity index (χ0v) is 14.9. The molecule has 1 aromatic carbocycles. The van der Waals surface area contributed by atoms with Crippen LogP contribution in [0.15, 0.2) is 61.0 Å². The minimum Gasteiger partial charge on any atom is -0.481 e. The number of hydrogen-bond donors (Lipinski definition) is 1. The molecule has 136 valence electrons. The number of fused-ring (bicyclic) bond motifs is 3. The van der Waals surface area contributed by atoms with Crippen LogP contribution in [0.3, 0.4) is 0 Å². The second-order valence-electron chi connectivity index (χ2n) is 7.41. The highest BCUT2D eigenvalue weighted by Gasteiger charge is 2.39. The predicted octanol–water partition coefficient (Wildman–Crippen LogP) is 3.89. The summed E-state index contributed by atoms with van der Waals surface area (Å²) in [5.74, 6) is 0.936. The van der Waals surface area contributed by atoms with Gasteiger partial charge in [-0.2, -0.15) is 0 Å². The van der Waals surface area contributed by atoms with Gasteiger partial charge in [0.2, 0.25) is 0 Å². The second kappa shape index (κ2) is 7.02. The van der Waals surface area contributed by atoms with Gasteiger partial charge >= 0.3 is 5.97 Å². The molecule has 26 heavy (non-hydrogen) atoms. The van der Waals surface area contributed by atoms with Gasteiger partial charge in [0.1, 0.15) is 0 Å². The monoisotopic (exact) mass is 351 g/mol. The molecule has 1 N–H and O–H groups in total. The topological polar surface area (TPSA) is 49.8 Å². The third kappa shape index (κ3) is 3.05. The predicted molar refractivity (Wildman–Crippen MR) is 101 cm³/mol. The van der Waals surface area contributed by atoms with Crippen molar-refractivity contribution >= 4 is 5.97 Å². The van der Waals surface area contributed by atoms with E-state index in [1.807, 2.05) is 0 Å². The summed E-state index contributed by atoms with van der Waals surface area (Å²) >= 11 is 0. The van der Waals surface area contributed by atoms with E-state index < -0.39 is 5.97 Å². The number of ether oxygens (including phenoxy) is 1. The van der Waals surface area contributed by atoms with Crippen LogP contribution in [0.4, 0.5) is 0 Å². The van der Waals surface area contributed by atoms with E-state index in [9.17, 15) is 4.79 Å². The Hall–Kier alpha value is -2.49. The first-order valence-corrected chi connectivity index (χ1v) is 9.38. The van der Waals surface area contributed by atoms with E-state index in [1.54, 1.807) is 0 Å². The van der Waals surface area contributed by atoms with Crippen molar-refractivity contribution in [1.29, 1.82) is 0 Å². The summed E-state index contributed by atoms with van der Waals surface area (Å²) in [6.07, 6.45) is 10.2. The van der Waals surface area contributed by atoms with Crippen molar-refractivity contribution in [2.24, 2.45) is 11.8 Å². The zero-order valence-electron chi connectivity index (χ0n) is 14.9. The number of likely N-dealkylation sites (tertiary alicyclic amines) is 1. The molecule has 0 amide bonds. The molecule has 3 aliphatic rings. The molecule has 0 saturated carbocycles. The Morgan fingerprint density at radius 2 is 1.85 bits per heavy atom. The molecule has 1 aliphatic heterocycles. The maximum Gasteiger partial charge on any atom is 0.306 e. The molecule has 4 heteroatoms. The Kier molecular flexibility index (Phi) is 4.58. The lowest BCUT2D eigenvalue weighted by atomic mass is 9.84. The number of hydrogen-bond acceptors (Lipinski definition) is 3. The third-order valence-corrected chi connectivity index (χ3v) is 6.02. The lowest BCUT2D eigenvalue weighted by Crippen LogP contribution is -2.36. The molecule has 2 aliphatic carbocycles. The van der Waals surface area contributed by atoms with Gasteiger partial charge in [0.25, 0.3) is 0 Å². The molecule has 0 aromatic heterocycles. The van der Waals surface area contributed by atoms with Crippen LogP contribution in [0.25, 0.3) is 0 Å². The van der Waals surface area contributed by atoms with Gasteiger partial charge in [-0.25, -0.2) is 0 Å². The van der Waals surface area contributed by atoms with Gasteiger partial charge < -0.3 is 14.7 Å². The molecule has 3 unspecified atom stereocenters. The quantitative estimate of drug-likeness (QED) is 0.818. The van der Waals surface area contributed by atoms with Gasteiger partial charge in [-0.05, 0) is 36.5 Å². The van der Waals surface area contributed by atoms with Gasteiger partial charge in [0.05, 0.1) is 12.5 Å². The molecule has 0 radical (unpaired) electrons. The molecular formula is C22H25NO3. The summed E-state index contributed by atoms with van der Waals surface area (Å²) in [4.78, 5) is 13.2. The standard InChI is InChI=1S/C22H25NO3/c1-15(23-12-10-16(11-13-23)22(24)25)26-14-21-19-8-4-2-6-17(19)18-7-3-5-9-20(18)21/h2-9,16-17,19,21H,1,10-14H2,(H,24,25). The summed E-state index contributed by atoms with van der Waals surface area (Å²) < 4.78 is 6.09. The van der Waals surface area contributed by atoms with Crippen molar-refractivity contribution in [2.45, 2.75) is 24.7 Å². The van der Waals surface area contributed by atoms with E-state index in [2.05, 4.69) is 60.0 Å². The normalized spacial score (nSPS) is 27.1. The Morgan fingerprint density at radius 1 is 1.15 bits per heavy atom. The number of piperidine rings is 1. The van der Waals surface area contributed by atoms with E-state index in [4.69, 9.17) is 9.84 Å². The fraction of sp³-hybridized carbons (Fsp3) is 0.409. The van der Waals surface area contributed by atoms with Gasteiger partial charge in [-0.1, -0.05) is 48.6 Å². The van der Waals surface area contributed by atoms with E-state index in [-0.39, 0.29) is 5.92 Å². The molecule has 1 fully saturated rings. The number of nitrogens with zero attached hydrogens (tertiary/aromatic N) is 1. The number of allylic oxidation sites excluding steroid dienone is 4. The highest BCUT2D eigenvalue weighted by molar-refractivity contribution is 5.70. The molecule has 1 saturated heterocycles. The van der Waals surface area contributed by atoms with Crippen LogP contribution in [0.2, 0.25) is 0 Å². The molecule has 3 atom stereocenters. The molecular weight excluding hydrogens is 326 g/mol. The number of benzene rings is 1. The van der Waals surface area contributed by atoms with E-state index in [0.717, 1.165) is 0 Å². The van der Waals surface area contributed by atoms with Crippen LogP contribution in [0.1, 0.15) is 35.8 Å². The minimum absolute atomic E-state index is 0.235. The highest BCUT2D eigenvalue weighted by Crippen LogP contribution is 2.49. The largest absolute Gasteiger partial charge is 0.481 e. The van der Waals surface area contributed by atoms with Crippen molar-refractivity contribution in [3.8, 4) is 0 Å². The minimum atomic E-state index is -0.693. The first-order valence-electron chi connectivity index (χ1n) is 9.38.